The van der Waals surface area contributed by atoms with E-state index in [-0.39, 0.29) is 17.9 Å². The average Bonchev–Trinajstić information content (AvgIpc) is 3.07. The Labute approximate surface area is 135 Å². The maximum atomic E-state index is 12.3. The first-order valence-electron chi connectivity index (χ1n) is 8.14. The zero-order chi connectivity index (χ0) is 16.2. The van der Waals surface area contributed by atoms with Gasteiger partial charge in [0.1, 0.15) is 19.3 Å². The van der Waals surface area contributed by atoms with Crippen LogP contribution in [0.15, 0.2) is 18.2 Å². The minimum Gasteiger partial charge on any atom is -0.486 e. The van der Waals surface area contributed by atoms with Gasteiger partial charge in [0.25, 0.3) is 5.91 Å². The minimum absolute atomic E-state index is 0.136. The first-order valence-corrected chi connectivity index (χ1v) is 8.14. The molecule has 1 aliphatic heterocycles. The van der Waals surface area contributed by atoms with Crippen molar-refractivity contribution in [3.63, 3.8) is 0 Å². The molecule has 6 heteroatoms. The van der Waals surface area contributed by atoms with Gasteiger partial charge in [-0.05, 0) is 38.0 Å². The van der Waals surface area contributed by atoms with Gasteiger partial charge in [0, 0.05) is 11.6 Å². The summed E-state index contributed by atoms with van der Waals surface area (Å²) in [6, 6.07) is 4.70. The van der Waals surface area contributed by atoms with Crippen molar-refractivity contribution in [1.29, 1.82) is 0 Å². The lowest BCUT2D eigenvalue weighted by atomic mass is 10.1. The molecule has 0 bridgehead atoms. The van der Waals surface area contributed by atoms with Crippen LogP contribution < -0.4 is 20.1 Å². The number of carbonyl (C=O) groups excluding carboxylic acids is 2. The van der Waals surface area contributed by atoms with Crippen LogP contribution in [0.1, 0.15) is 43.0 Å². The summed E-state index contributed by atoms with van der Waals surface area (Å²) in [6.07, 6.45) is 4.36. The van der Waals surface area contributed by atoms with Crippen LogP contribution in [0.4, 0.5) is 0 Å². The van der Waals surface area contributed by atoms with Gasteiger partial charge in [-0.2, -0.15) is 0 Å². The molecule has 0 unspecified atom stereocenters. The van der Waals surface area contributed by atoms with Crippen LogP contribution in [0.3, 0.4) is 0 Å². The third-order valence-electron chi connectivity index (χ3n) is 4.25. The predicted octanol–water partition coefficient (Wildman–Crippen LogP) is 1.63. The molecule has 6 nitrogen and oxygen atoms in total. The van der Waals surface area contributed by atoms with Crippen LogP contribution in [-0.2, 0) is 4.79 Å². The van der Waals surface area contributed by atoms with E-state index in [0.29, 0.717) is 30.3 Å². The molecule has 2 aliphatic rings. The Hall–Kier alpha value is -2.24. The van der Waals surface area contributed by atoms with E-state index in [1.165, 1.54) is 0 Å². The van der Waals surface area contributed by atoms with Crippen LogP contribution >= 0.6 is 0 Å². The summed E-state index contributed by atoms with van der Waals surface area (Å²) < 4.78 is 10.9. The standard InChI is InChI=1S/C17H22N2O4/c1-11(16(20)19-13-4-2-3-5-13)18-17(21)12-6-7-14-15(10-12)23-9-8-22-14/h6-7,10-11,13H,2-5,8-9H2,1H3,(H,18,21)(H,19,20)/t11-/m0/s1. The lowest BCUT2D eigenvalue weighted by Crippen LogP contribution is -2.47. The third kappa shape index (κ3) is 3.75. The molecule has 1 aromatic rings. The van der Waals surface area contributed by atoms with Crippen molar-refractivity contribution in [2.24, 2.45) is 0 Å². The highest BCUT2D eigenvalue weighted by Gasteiger charge is 2.22. The van der Waals surface area contributed by atoms with Crippen molar-refractivity contribution in [3.05, 3.63) is 23.8 Å². The molecule has 23 heavy (non-hydrogen) atoms. The van der Waals surface area contributed by atoms with Gasteiger partial charge in [-0.3, -0.25) is 9.59 Å². The van der Waals surface area contributed by atoms with Crippen LogP contribution in [-0.4, -0.2) is 37.1 Å². The Bertz CT molecular complexity index is 596. The fourth-order valence-electron chi connectivity index (χ4n) is 2.93. The van der Waals surface area contributed by atoms with Crippen molar-refractivity contribution in [1.82, 2.24) is 10.6 Å². The first-order chi connectivity index (χ1) is 11.1. The second-order valence-electron chi connectivity index (χ2n) is 6.04. The molecule has 3 rings (SSSR count). The predicted molar refractivity (Wildman–Crippen MR) is 84.8 cm³/mol. The van der Waals surface area contributed by atoms with Crippen molar-refractivity contribution in [2.75, 3.05) is 13.2 Å². The number of nitrogens with one attached hydrogen (secondary N) is 2. The number of fused-ring (bicyclic) bond motifs is 1. The van der Waals surface area contributed by atoms with E-state index in [4.69, 9.17) is 9.47 Å². The summed E-state index contributed by atoms with van der Waals surface area (Å²) in [5.74, 6) is 0.769. The van der Waals surface area contributed by atoms with Gasteiger partial charge in [0.05, 0.1) is 0 Å². The molecule has 0 aromatic heterocycles. The maximum absolute atomic E-state index is 12.3. The van der Waals surface area contributed by atoms with Crippen LogP contribution in [0, 0.1) is 0 Å². The number of hydrogen-bond donors (Lipinski definition) is 2. The van der Waals surface area contributed by atoms with Crippen molar-refractivity contribution < 1.29 is 19.1 Å². The summed E-state index contributed by atoms with van der Waals surface area (Å²) in [5.41, 5.74) is 0.453. The normalized spacial score (nSPS) is 18.3. The molecule has 2 amide bonds. The highest BCUT2D eigenvalue weighted by molar-refractivity contribution is 5.98. The van der Waals surface area contributed by atoms with Gasteiger partial charge in [-0.1, -0.05) is 12.8 Å². The zero-order valence-corrected chi connectivity index (χ0v) is 13.3. The fourth-order valence-corrected chi connectivity index (χ4v) is 2.93. The summed E-state index contributed by atoms with van der Waals surface area (Å²) in [7, 11) is 0. The second-order valence-corrected chi connectivity index (χ2v) is 6.04. The molecule has 0 radical (unpaired) electrons. The third-order valence-corrected chi connectivity index (χ3v) is 4.25. The molecule has 1 saturated carbocycles. The molecule has 1 fully saturated rings. The molecule has 0 saturated heterocycles. The molecule has 1 atom stereocenters. The number of ether oxygens (including phenoxy) is 2. The van der Waals surface area contributed by atoms with Crippen molar-refractivity contribution in [3.8, 4) is 11.5 Å². The summed E-state index contributed by atoms with van der Waals surface area (Å²) in [4.78, 5) is 24.4. The van der Waals surface area contributed by atoms with E-state index in [0.717, 1.165) is 25.7 Å². The van der Waals surface area contributed by atoms with Crippen molar-refractivity contribution in [2.45, 2.75) is 44.7 Å². The summed E-state index contributed by atoms with van der Waals surface area (Å²) in [5, 5.41) is 5.72. The number of benzene rings is 1. The molecule has 0 spiro atoms. The maximum Gasteiger partial charge on any atom is 0.252 e. The topological polar surface area (TPSA) is 76.7 Å². The average molecular weight is 318 g/mol. The van der Waals surface area contributed by atoms with E-state index in [9.17, 15) is 9.59 Å². The molecular weight excluding hydrogens is 296 g/mol. The number of amides is 2. The lowest BCUT2D eigenvalue weighted by Gasteiger charge is -2.20. The molecule has 2 N–H and O–H groups in total. The Morgan fingerprint density at radius 2 is 1.83 bits per heavy atom. The Balaban J connectivity index is 1.58. The Morgan fingerprint density at radius 1 is 1.13 bits per heavy atom. The van der Waals surface area contributed by atoms with Gasteiger partial charge in [-0.25, -0.2) is 0 Å². The lowest BCUT2D eigenvalue weighted by molar-refractivity contribution is -0.123. The van der Waals surface area contributed by atoms with Gasteiger partial charge in [0.15, 0.2) is 11.5 Å². The highest BCUT2D eigenvalue weighted by Crippen LogP contribution is 2.30. The van der Waals surface area contributed by atoms with Gasteiger partial charge < -0.3 is 20.1 Å². The van der Waals surface area contributed by atoms with Crippen LogP contribution in [0.25, 0.3) is 0 Å². The molecule has 1 aliphatic carbocycles. The smallest absolute Gasteiger partial charge is 0.252 e. The van der Waals surface area contributed by atoms with Crippen LogP contribution in [0.2, 0.25) is 0 Å². The van der Waals surface area contributed by atoms with E-state index in [1.807, 2.05) is 0 Å². The number of hydrogen-bond acceptors (Lipinski definition) is 4. The number of rotatable bonds is 4. The van der Waals surface area contributed by atoms with Gasteiger partial charge >= 0.3 is 0 Å². The second kappa shape index (κ2) is 6.89. The highest BCUT2D eigenvalue weighted by atomic mass is 16.6. The van der Waals surface area contributed by atoms with Gasteiger partial charge in [-0.15, -0.1) is 0 Å². The fraction of sp³-hybridized carbons (Fsp3) is 0.529. The Morgan fingerprint density at radius 3 is 2.57 bits per heavy atom. The minimum atomic E-state index is -0.573. The molecule has 1 aromatic carbocycles. The van der Waals surface area contributed by atoms with E-state index >= 15 is 0 Å². The summed E-state index contributed by atoms with van der Waals surface area (Å²) in [6.45, 7) is 2.68. The summed E-state index contributed by atoms with van der Waals surface area (Å²) >= 11 is 0. The molecule has 1 heterocycles. The van der Waals surface area contributed by atoms with Crippen molar-refractivity contribution >= 4 is 11.8 Å². The number of carbonyl (C=O) groups is 2. The first kappa shape index (κ1) is 15.6. The van der Waals surface area contributed by atoms with E-state index in [2.05, 4.69) is 10.6 Å². The molecule has 124 valence electrons. The molecular formula is C17H22N2O4. The monoisotopic (exact) mass is 318 g/mol. The van der Waals surface area contributed by atoms with Crippen LogP contribution in [0.5, 0.6) is 11.5 Å². The largest absolute Gasteiger partial charge is 0.486 e. The van der Waals surface area contributed by atoms with Gasteiger partial charge in [0.2, 0.25) is 5.91 Å². The van der Waals surface area contributed by atoms with E-state index in [1.54, 1.807) is 25.1 Å². The van der Waals surface area contributed by atoms with E-state index < -0.39 is 6.04 Å². The zero-order valence-electron chi connectivity index (χ0n) is 13.3. The quantitative estimate of drug-likeness (QED) is 0.885. The SMILES string of the molecule is C[C@H](NC(=O)c1ccc2c(c1)OCCO2)C(=O)NC1CCCC1. The Kier molecular flexibility index (Phi) is 4.69.